The molecule has 3 rings (SSSR count). The minimum absolute atomic E-state index is 0.228. The molecule has 5 heteroatoms. The minimum Gasteiger partial charge on any atom is -0.444 e. The van der Waals surface area contributed by atoms with Crippen molar-refractivity contribution in [3.8, 4) is 11.5 Å². The monoisotopic (exact) mass is 312 g/mol. The van der Waals surface area contributed by atoms with E-state index in [2.05, 4.69) is 10.3 Å². The standard InChI is InChI=1S/C17H13ClN2O2/c18-14-9-5-4-8-13(14)17-20-15(11-22-17)16(21)19-10-12-6-2-1-3-7-12/h1-9,11H,10H2,(H,19,21). The normalized spacial score (nSPS) is 10.4. The number of halogens is 1. The number of nitrogens with one attached hydrogen (secondary N) is 1. The molecule has 0 spiro atoms. The van der Waals surface area contributed by atoms with Crippen molar-refractivity contribution in [2.45, 2.75) is 6.54 Å². The van der Waals surface area contributed by atoms with Crippen LogP contribution in [0.1, 0.15) is 16.1 Å². The van der Waals surface area contributed by atoms with E-state index < -0.39 is 0 Å². The summed E-state index contributed by atoms with van der Waals surface area (Å²) in [6.45, 7) is 0.438. The summed E-state index contributed by atoms with van der Waals surface area (Å²) in [7, 11) is 0. The maximum atomic E-state index is 12.1. The molecule has 0 atom stereocenters. The van der Waals surface area contributed by atoms with Crippen molar-refractivity contribution in [1.82, 2.24) is 10.3 Å². The van der Waals surface area contributed by atoms with Gasteiger partial charge in [0.15, 0.2) is 5.69 Å². The van der Waals surface area contributed by atoms with Gasteiger partial charge in [-0.1, -0.05) is 54.1 Å². The molecule has 3 aromatic rings. The fourth-order valence-electron chi connectivity index (χ4n) is 2.01. The second-order valence-corrected chi connectivity index (χ2v) is 5.09. The van der Waals surface area contributed by atoms with E-state index in [1.54, 1.807) is 12.1 Å². The first-order valence-electron chi connectivity index (χ1n) is 6.76. The molecule has 0 saturated carbocycles. The average Bonchev–Trinajstić information content (AvgIpc) is 3.04. The highest BCUT2D eigenvalue weighted by molar-refractivity contribution is 6.33. The minimum atomic E-state index is -0.286. The lowest BCUT2D eigenvalue weighted by atomic mass is 10.2. The zero-order chi connectivity index (χ0) is 15.4. The molecule has 2 aromatic carbocycles. The van der Waals surface area contributed by atoms with Gasteiger partial charge in [0.2, 0.25) is 5.89 Å². The Labute approximate surface area is 132 Å². The maximum Gasteiger partial charge on any atom is 0.273 e. The van der Waals surface area contributed by atoms with Crippen molar-refractivity contribution >= 4 is 17.5 Å². The molecule has 0 aliphatic rings. The largest absolute Gasteiger partial charge is 0.444 e. The number of rotatable bonds is 4. The van der Waals surface area contributed by atoms with E-state index in [1.807, 2.05) is 42.5 Å². The molecule has 1 heterocycles. The van der Waals surface area contributed by atoms with Gasteiger partial charge in [0, 0.05) is 6.54 Å². The summed E-state index contributed by atoms with van der Waals surface area (Å²) in [6, 6.07) is 16.9. The summed E-state index contributed by atoms with van der Waals surface area (Å²) in [4.78, 5) is 16.3. The van der Waals surface area contributed by atoms with Crippen molar-refractivity contribution in [3.05, 3.63) is 77.1 Å². The number of carbonyl (C=O) groups excluding carboxylic acids is 1. The van der Waals surface area contributed by atoms with E-state index in [-0.39, 0.29) is 11.6 Å². The average molecular weight is 313 g/mol. The molecule has 0 fully saturated rings. The highest BCUT2D eigenvalue weighted by Gasteiger charge is 2.14. The lowest BCUT2D eigenvalue weighted by Crippen LogP contribution is -2.23. The summed E-state index contributed by atoms with van der Waals surface area (Å²) < 4.78 is 5.35. The van der Waals surface area contributed by atoms with Crippen LogP contribution in [0.25, 0.3) is 11.5 Å². The van der Waals surface area contributed by atoms with Crippen LogP contribution in [-0.2, 0) is 6.54 Å². The predicted molar refractivity (Wildman–Crippen MR) is 84.6 cm³/mol. The Bertz CT molecular complexity index is 784. The molecule has 0 saturated heterocycles. The van der Waals surface area contributed by atoms with Crippen LogP contribution in [0.2, 0.25) is 5.02 Å². The first kappa shape index (κ1) is 14.4. The summed E-state index contributed by atoms with van der Waals surface area (Å²) in [5.41, 5.74) is 1.91. The highest BCUT2D eigenvalue weighted by atomic mass is 35.5. The number of amides is 1. The molecule has 110 valence electrons. The summed E-state index contributed by atoms with van der Waals surface area (Å²) in [5, 5.41) is 3.33. The number of hydrogen-bond donors (Lipinski definition) is 1. The molecule has 1 N–H and O–H groups in total. The smallest absolute Gasteiger partial charge is 0.273 e. The Kier molecular flexibility index (Phi) is 4.21. The second kappa shape index (κ2) is 6.45. The molecule has 1 aromatic heterocycles. The van der Waals surface area contributed by atoms with Crippen molar-refractivity contribution < 1.29 is 9.21 Å². The van der Waals surface area contributed by atoms with E-state index in [4.69, 9.17) is 16.0 Å². The van der Waals surface area contributed by atoms with Gasteiger partial charge in [-0.05, 0) is 17.7 Å². The van der Waals surface area contributed by atoms with Crippen molar-refractivity contribution in [3.63, 3.8) is 0 Å². The first-order valence-corrected chi connectivity index (χ1v) is 7.14. The quantitative estimate of drug-likeness (QED) is 0.794. The van der Waals surface area contributed by atoms with E-state index in [0.29, 0.717) is 23.0 Å². The molecule has 0 aliphatic heterocycles. The van der Waals surface area contributed by atoms with Gasteiger partial charge < -0.3 is 9.73 Å². The third-order valence-corrected chi connectivity index (χ3v) is 3.47. The number of benzene rings is 2. The van der Waals surface area contributed by atoms with Crippen LogP contribution in [0.3, 0.4) is 0 Å². The Morgan fingerprint density at radius 1 is 1.09 bits per heavy atom. The molecule has 0 unspecified atom stereocenters. The summed E-state index contributed by atoms with van der Waals surface area (Å²) in [6.07, 6.45) is 1.33. The number of oxazole rings is 1. The molecular weight excluding hydrogens is 300 g/mol. The van der Waals surface area contributed by atoms with Gasteiger partial charge in [0.1, 0.15) is 6.26 Å². The first-order chi connectivity index (χ1) is 10.7. The fourth-order valence-corrected chi connectivity index (χ4v) is 2.22. The highest BCUT2D eigenvalue weighted by Crippen LogP contribution is 2.26. The van der Waals surface area contributed by atoms with Crippen LogP contribution in [0, 0.1) is 0 Å². The van der Waals surface area contributed by atoms with Gasteiger partial charge in [-0.2, -0.15) is 0 Å². The van der Waals surface area contributed by atoms with Gasteiger partial charge in [0.05, 0.1) is 10.6 Å². The molecule has 4 nitrogen and oxygen atoms in total. The maximum absolute atomic E-state index is 12.1. The van der Waals surface area contributed by atoms with E-state index >= 15 is 0 Å². The van der Waals surface area contributed by atoms with Crippen molar-refractivity contribution in [2.24, 2.45) is 0 Å². The van der Waals surface area contributed by atoms with Crippen molar-refractivity contribution in [2.75, 3.05) is 0 Å². The fraction of sp³-hybridized carbons (Fsp3) is 0.0588. The van der Waals surface area contributed by atoms with Crippen LogP contribution in [0.5, 0.6) is 0 Å². The lowest BCUT2D eigenvalue weighted by molar-refractivity contribution is 0.0946. The van der Waals surface area contributed by atoms with E-state index in [0.717, 1.165) is 5.56 Å². The van der Waals surface area contributed by atoms with Crippen LogP contribution in [0.15, 0.2) is 65.3 Å². The van der Waals surface area contributed by atoms with Crippen LogP contribution in [0.4, 0.5) is 0 Å². The van der Waals surface area contributed by atoms with Gasteiger partial charge in [-0.3, -0.25) is 4.79 Å². The topological polar surface area (TPSA) is 55.1 Å². The molecule has 0 aliphatic carbocycles. The molecule has 0 bridgehead atoms. The SMILES string of the molecule is O=C(NCc1ccccc1)c1coc(-c2ccccc2Cl)n1. The Hall–Kier alpha value is -2.59. The number of nitrogens with zero attached hydrogens (tertiary/aromatic N) is 1. The molecule has 0 radical (unpaired) electrons. The summed E-state index contributed by atoms with van der Waals surface area (Å²) >= 11 is 6.09. The van der Waals surface area contributed by atoms with Gasteiger partial charge in [0.25, 0.3) is 5.91 Å². The Balaban J connectivity index is 1.71. The number of aromatic nitrogens is 1. The van der Waals surface area contributed by atoms with Gasteiger partial charge in [-0.25, -0.2) is 4.98 Å². The zero-order valence-corrected chi connectivity index (χ0v) is 12.4. The lowest BCUT2D eigenvalue weighted by Gasteiger charge is -2.02. The Morgan fingerprint density at radius 3 is 2.59 bits per heavy atom. The van der Waals surface area contributed by atoms with E-state index in [9.17, 15) is 4.79 Å². The molecule has 22 heavy (non-hydrogen) atoms. The summed E-state index contributed by atoms with van der Waals surface area (Å²) in [5.74, 6) is 0.0429. The Morgan fingerprint density at radius 2 is 1.82 bits per heavy atom. The van der Waals surface area contributed by atoms with E-state index in [1.165, 1.54) is 6.26 Å². The second-order valence-electron chi connectivity index (χ2n) is 4.69. The van der Waals surface area contributed by atoms with Crippen LogP contribution < -0.4 is 5.32 Å². The van der Waals surface area contributed by atoms with Gasteiger partial charge in [-0.15, -0.1) is 0 Å². The third kappa shape index (κ3) is 3.18. The predicted octanol–water partition coefficient (Wildman–Crippen LogP) is 3.93. The molecule has 1 amide bonds. The van der Waals surface area contributed by atoms with Gasteiger partial charge >= 0.3 is 0 Å². The molecular formula is C17H13ClN2O2. The van der Waals surface area contributed by atoms with Crippen molar-refractivity contribution in [1.29, 1.82) is 0 Å². The van der Waals surface area contributed by atoms with Crippen LogP contribution in [-0.4, -0.2) is 10.9 Å². The number of hydrogen-bond acceptors (Lipinski definition) is 3. The van der Waals surface area contributed by atoms with Crippen LogP contribution >= 0.6 is 11.6 Å². The third-order valence-electron chi connectivity index (χ3n) is 3.14. The number of carbonyl (C=O) groups is 1. The zero-order valence-electron chi connectivity index (χ0n) is 11.6.